The topological polar surface area (TPSA) is 126 Å². The standard InChI is InChI=1S/C52H68O12/c1-9-22-56-25-26-59-30-32-63-64-48-21-17-40(35-44(48)50(54)61-13-5)52(45-33-37(6)14-18-41(45)42-19-15-38(36-46(42)52)51(7,10-2)11-3)39-16-20-47(43(34-39)49(53)60-12-4)62-31-29-58-28-27-57-24-23-55-8/h14-21,33-36H,9-13,22-32H2,1-8H3. The minimum absolute atomic E-state index is 0.116. The van der Waals surface area contributed by atoms with Gasteiger partial charge in [-0.15, -0.1) is 0 Å². The average Bonchev–Trinajstić information content (AvgIpc) is 3.59. The Bertz CT molecular complexity index is 2020. The molecule has 1 aliphatic carbocycles. The van der Waals surface area contributed by atoms with Gasteiger partial charge in [0.25, 0.3) is 0 Å². The Morgan fingerprint density at radius 1 is 0.562 bits per heavy atom. The summed E-state index contributed by atoms with van der Waals surface area (Å²) in [5.74, 6) is -0.523. The van der Waals surface area contributed by atoms with Gasteiger partial charge in [-0.3, -0.25) is 0 Å². The highest BCUT2D eigenvalue weighted by atomic mass is 17.2. The summed E-state index contributed by atoms with van der Waals surface area (Å²) < 4.78 is 44.9. The normalized spacial score (nSPS) is 14.2. The first kappa shape index (κ1) is 50.2. The van der Waals surface area contributed by atoms with Crippen LogP contribution in [0.15, 0.2) is 72.8 Å². The maximum absolute atomic E-state index is 14.0. The van der Waals surface area contributed by atoms with Crippen molar-refractivity contribution in [1.29, 1.82) is 0 Å². The van der Waals surface area contributed by atoms with Crippen LogP contribution in [0.4, 0.5) is 0 Å². The Labute approximate surface area is 379 Å². The number of hydrogen-bond acceptors (Lipinski definition) is 12. The van der Waals surface area contributed by atoms with Crippen molar-refractivity contribution in [1.82, 2.24) is 0 Å². The Balaban J connectivity index is 1.66. The molecule has 4 aromatic carbocycles. The Hall–Kier alpha value is -4.82. The van der Waals surface area contributed by atoms with E-state index in [9.17, 15) is 9.59 Å². The van der Waals surface area contributed by atoms with Crippen LogP contribution in [0.5, 0.6) is 11.5 Å². The fourth-order valence-corrected chi connectivity index (χ4v) is 8.06. The van der Waals surface area contributed by atoms with Gasteiger partial charge in [-0.25, -0.2) is 9.59 Å². The smallest absolute Gasteiger partial charge is 0.342 e. The van der Waals surface area contributed by atoms with Crippen molar-refractivity contribution in [2.24, 2.45) is 0 Å². The third-order valence-corrected chi connectivity index (χ3v) is 11.8. The van der Waals surface area contributed by atoms with E-state index in [4.69, 9.17) is 47.7 Å². The molecule has 0 amide bonds. The maximum Gasteiger partial charge on any atom is 0.342 e. The molecular formula is C52H68O12. The van der Waals surface area contributed by atoms with Crippen molar-refractivity contribution in [3.05, 3.63) is 117 Å². The van der Waals surface area contributed by atoms with Crippen molar-refractivity contribution in [3.8, 4) is 22.6 Å². The molecule has 0 saturated carbocycles. The molecule has 12 heteroatoms. The van der Waals surface area contributed by atoms with Gasteiger partial charge in [0.2, 0.25) is 0 Å². The molecular weight excluding hydrogens is 817 g/mol. The number of fused-ring (bicyclic) bond motifs is 3. The van der Waals surface area contributed by atoms with Crippen molar-refractivity contribution in [3.63, 3.8) is 0 Å². The van der Waals surface area contributed by atoms with Crippen molar-refractivity contribution >= 4 is 11.9 Å². The van der Waals surface area contributed by atoms with Crippen LogP contribution >= 0.6 is 0 Å². The second kappa shape index (κ2) is 25.0. The van der Waals surface area contributed by atoms with E-state index in [-0.39, 0.29) is 61.9 Å². The van der Waals surface area contributed by atoms with Crippen LogP contribution in [0.25, 0.3) is 11.1 Å². The van der Waals surface area contributed by atoms with E-state index in [1.807, 2.05) is 30.3 Å². The van der Waals surface area contributed by atoms with Crippen LogP contribution in [-0.2, 0) is 48.9 Å². The predicted molar refractivity (Wildman–Crippen MR) is 246 cm³/mol. The lowest BCUT2D eigenvalue weighted by atomic mass is 9.66. The Morgan fingerprint density at radius 2 is 1.08 bits per heavy atom. The summed E-state index contributed by atoms with van der Waals surface area (Å²) in [6.45, 7) is 19.0. The number of benzene rings is 4. The monoisotopic (exact) mass is 884 g/mol. The zero-order valence-corrected chi connectivity index (χ0v) is 39.1. The van der Waals surface area contributed by atoms with E-state index in [0.29, 0.717) is 52.0 Å². The number of carbonyl (C=O) groups is 2. The average molecular weight is 885 g/mol. The maximum atomic E-state index is 14.0. The highest BCUT2D eigenvalue weighted by molar-refractivity contribution is 5.95. The second-order valence-corrected chi connectivity index (χ2v) is 15.9. The molecule has 5 rings (SSSR count). The summed E-state index contributed by atoms with van der Waals surface area (Å²) >= 11 is 0. The lowest BCUT2D eigenvalue weighted by Crippen LogP contribution is -2.30. The molecule has 0 fully saturated rings. The lowest BCUT2D eigenvalue weighted by molar-refractivity contribution is -0.215. The quantitative estimate of drug-likeness (QED) is 0.0197. The third-order valence-electron chi connectivity index (χ3n) is 11.8. The van der Waals surface area contributed by atoms with Gasteiger partial charge in [0, 0.05) is 13.7 Å². The minimum Gasteiger partial charge on any atom is -0.490 e. The van der Waals surface area contributed by atoms with Gasteiger partial charge in [-0.1, -0.05) is 81.8 Å². The van der Waals surface area contributed by atoms with Gasteiger partial charge in [0.05, 0.1) is 71.5 Å². The molecule has 0 aromatic heterocycles. The summed E-state index contributed by atoms with van der Waals surface area (Å²) in [6, 6.07) is 24.5. The molecule has 348 valence electrons. The molecule has 0 radical (unpaired) electrons. The molecule has 0 spiro atoms. The number of aryl methyl sites for hydroxylation is 1. The predicted octanol–water partition coefficient (Wildman–Crippen LogP) is 9.60. The second-order valence-electron chi connectivity index (χ2n) is 15.9. The third kappa shape index (κ3) is 11.9. The van der Waals surface area contributed by atoms with Gasteiger partial charge < -0.3 is 42.8 Å². The molecule has 0 heterocycles. The SMILES string of the molecule is CCCOCCOCCOOc1ccc(C2(c3ccc(OCCOCCOCCOC)c(C(=O)OCC)c3)c3cc(C)ccc3-c3ccc(C(C)(CC)CC)cc32)cc1C(=O)OCC. The number of esters is 2. The molecule has 12 nitrogen and oxygen atoms in total. The molecule has 0 saturated heterocycles. The fourth-order valence-electron chi connectivity index (χ4n) is 8.06. The largest absolute Gasteiger partial charge is 0.490 e. The summed E-state index contributed by atoms with van der Waals surface area (Å²) in [5, 5.41) is 0. The summed E-state index contributed by atoms with van der Waals surface area (Å²) in [5.41, 5.74) is 7.20. The highest BCUT2D eigenvalue weighted by Gasteiger charge is 2.48. The molecule has 0 N–H and O–H groups in total. The molecule has 1 aliphatic rings. The molecule has 64 heavy (non-hydrogen) atoms. The van der Waals surface area contributed by atoms with Gasteiger partial charge in [0.1, 0.15) is 30.1 Å². The van der Waals surface area contributed by atoms with Crippen LogP contribution in [0.3, 0.4) is 0 Å². The minimum atomic E-state index is -1.05. The first-order chi connectivity index (χ1) is 31.1. The Kier molecular flexibility index (Phi) is 19.6. The van der Waals surface area contributed by atoms with Crippen LogP contribution in [0.2, 0.25) is 0 Å². The van der Waals surface area contributed by atoms with Gasteiger partial charge in [-0.2, -0.15) is 4.89 Å². The number of hydrogen-bond donors (Lipinski definition) is 0. The van der Waals surface area contributed by atoms with Gasteiger partial charge in [-0.05, 0) is 109 Å². The molecule has 1 atom stereocenters. The lowest BCUT2D eigenvalue weighted by Gasteiger charge is -2.36. The van der Waals surface area contributed by atoms with Crippen molar-refractivity contribution in [2.75, 3.05) is 93.0 Å². The highest BCUT2D eigenvalue weighted by Crippen LogP contribution is 2.58. The van der Waals surface area contributed by atoms with E-state index >= 15 is 0 Å². The number of methoxy groups -OCH3 is 1. The van der Waals surface area contributed by atoms with Crippen molar-refractivity contribution < 1.29 is 57.3 Å². The Morgan fingerprint density at radius 3 is 1.66 bits per heavy atom. The van der Waals surface area contributed by atoms with Crippen LogP contribution in [-0.4, -0.2) is 105 Å². The molecule has 1 unspecified atom stereocenters. The van der Waals surface area contributed by atoms with E-state index in [0.717, 1.165) is 58.2 Å². The zero-order valence-electron chi connectivity index (χ0n) is 39.1. The van der Waals surface area contributed by atoms with Crippen LogP contribution in [0.1, 0.15) is 115 Å². The summed E-state index contributed by atoms with van der Waals surface area (Å²) in [7, 11) is 1.63. The summed E-state index contributed by atoms with van der Waals surface area (Å²) in [4.78, 5) is 39.3. The van der Waals surface area contributed by atoms with E-state index < -0.39 is 17.4 Å². The first-order valence-corrected chi connectivity index (χ1v) is 22.7. The number of ether oxygens (including phenoxy) is 8. The van der Waals surface area contributed by atoms with Crippen LogP contribution < -0.4 is 9.62 Å². The summed E-state index contributed by atoms with van der Waals surface area (Å²) in [6.07, 6.45) is 2.81. The number of rotatable bonds is 29. The van der Waals surface area contributed by atoms with Gasteiger partial charge >= 0.3 is 11.9 Å². The van der Waals surface area contributed by atoms with E-state index in [1.54, 1.807) is 27.0 Å². The van der Waals surface area contributed by atoms with Crippen molar-refractivity contribution in [2.45, 2.75) is 78.6 Å². The first-order valence-electron chi connectivity index (χ1n) is 22.7. The molecule has 0 bridgehead atoms. The molecule has 0 aliphatic heterocycles. The molecule has 4 aromatic rings. The van der Waals surface area contributed by atoms with E-state index in [1.165, 1.54) is 5.56 Å². The van der Waals surface area contributed by atoms with E-state index in [2.05, 4.69) is 71.0 Å². The number of carbonyl (C=O) groups excluding carboxylic acids is 2. The van der Waals surface area contributed by atoms with Crippen LogP contribution in [0, 0.1) is 6.92 Å². The zero-order chi connectivity index (χ0) is 46.0. The fraction of sp³-hybridized carbons (Fsp3) is 0.500. The van der Waals surface area contributed by atoms with Gasteiger partial charge in [0.15, 0.2) is 5.75 Å².